The number of nitrogens with zero attached hydrogens (tertiary/aromatic N) is 4. The van der Waals surface area contributed by atoms with Crippen LogP contribution in [0.25, 0.3) is 0 Å². The third-order valence-electron chi connectivity index (χ3n) is 6.69. The van der Waals surface area contributed by atoms with Gasteiger partial charge in [0.05, 0.1) is 11.4 Å². The summed E-state index contributed by atoms with van der Waals surface area (Å²) in [4.78, 5) is 52.7. The number of rotatable bonds is 6. The van der Waals surface area contributed by atoms with Crippen molar-refractivity contribution in [2.45, 2.75) is 71.1 Å². The molecule has 2 saturated heterocycles. The molecule has 0 aliphatic carbocycles. The van der Waals surface area contributed by atoms with E-state index in [9.17, 15) is 19.2 Å². The molecule has 4 rings (SSSR count). The number of ether oxygens (including phenoxy) is 1. The lowest BCUT2D eigenvalue weighted by atomic mass is 10.2. The largest absolute Gasteiger partial charge is 0.444 e. The monoisotopic (exact) mass is 548 g/mol. The van der Waals surface area contributed by atoms with Crippen LogP contribution in [0.3, 0.4) is 0 Å². The van der Waals surface area contributed by atoms with Crippen molar-refractivity contribution in [3.05, 3.63) is 48.5 Å². The predicted octanol–water partition coefficient (Wildman–Crippen LogP) is 5.39. The Morgan fingerprint density at radius 3 is 1.60 bits per heavy atom. The van der Waals surface area contributed by atoms with Crippen LogP contribution in [0.4, 0.5) is 27.5 Å². The minimum absolute atomic E-state index is 0.0949. The van der Waals surface area contributed by atoms with Crippen LogP contribution in [0.15, 0.2) is 58.8 Å². The van der Waals surface area contributed by atoms with Crippen LogP contribution in [0, 0.1) is 0 Å². The zero-order chi connectivity index (χ0) is 28.9. The minimum atomic E-state index is -0.627. The number of anilines is 2. The first-order chi connectivity index (χ1) is 19.0. The van der Waals surface area contributed by atoms with E-state index in [0.29, 0.717) is 48.7 Å². The normalized spacial score (nSPS) is 19.1. The van der Waals surface area contributed by atoms with Gasteiger partial charge in [0.1, 0.15) is 17.7 Å². The van der Waals surface area contributed by atoms with Gasteiger partial charge in [-0.2, -0.15) is 10.2 Å². The van der Waals surface area contributed by atoms with E-state index < -0.39 is 23.8 Å². The Morgan fingerprint density at radius 2 is 1.18 bits per heavy atom. The second-order valence-corrected chi connectivity index (χ2v) is 11.0. The number of hydrogen-bond donors (Lipinski definition) is 2. The van der Waals surface area contributed by atoms with Crippen LogP contribution in [0.5, 0.6) is 0 Å². The van der Waals surface area contributed by atoms with E-state index in [2.05, 4.69) is 20.9 Å². The maximum atomic E-state index is 12.9. The summed E-state index contributed by atoms with van der Waals surface area (Å²) in [6.07, 6.45) is 2.31. The maximum Gasteiger partial charge on any atom is 0.410 e. The molecule has 0 bridgehead atoms. The highest BCUT2D eigenvalue weighted by Crippen LogP contribution is 2.25. The van der Waals surface area contributed by atoms with Gasteiger partial charge in [-0.25, -0.2) is 4.79 Å². The van der Waals surface area contributed by atoms with E-state index in [1.807, 2.05) is 0 Å². The van der Waals surface area contributed by atoms with Crippen LogP contribution in [-0.4, -0.2) is 64.4 Å². The molecule has 2 aromatic rings. The minimum Gasteiger partial charge on any atom is -0.444 e. The SMILES string of the molecule is CC(=O)N1CCC[C@H]1C(=O)Nc1ccc(N=Nc2ccc(NC(=O)[C@@H]3CCCN3C(=O)OC(C)(C)C)cc2)cc1. The summed E-state index contributed by atoms with van der Waals surface area (Å²) in [7, 11) is 0. The van der Waals surface area contributed by atoms with Gasteiger partial charge in [-0.15, -0.1) is 0 Å². The van der Waals surface area contributed by atoms with Crippen molar-refractivity contribution < 1.29 is 23.9 Å². The van der Waals surface area contributed by atoms with E-state index in [1.54, 1.807) is 74.2 Å². The fraction of sp³-hybridized carbons (Fsp3) is 0.448. The standard InChI is InChI=1S/C29H36N6O5/c1-19(36)34-17-5-7-24(34)26(37)30-20-9-13-22(14-10-20)32-33-23-15-11-21(12-16-23)31-27(38)25-8-6-18-35(25)28(39)40-29(2,3)4/h9-16,24-25H,5-8,17-18H2,1-4H3,(H,30,37)(H,31,38)/t24-,25-/m0/s1. The molecule has 40 heavy (non-hydrogen) atoms. The fourth-order valence-corrected chi connectivity index (χ4v) is 4.78. The zero-order valence-corrected chi connectivity index (χ0v) is 23.3. The van der Waals surface area contributed by atoms with Crippen molar-refractivity contribution in [2.75, 3.05) is 23.7 Å². The van der Waals surface area contributed by atoms with Crippen LogP contribution in [0.2, 0.25) is 0 Å². The van der Waals surface area contributed by atoms with Crippen LogP contribution in [-0.2, 0) is 19.1 Å². The molecule has 2 heterocycles. The van der Waals surface area contributed by atoms with E-state index in [-0.39, 0.29) is 17.7 Å². The molecule has 0 saturated carbocycles. The van der Waals surface area contributed by atoms with Crippen LogP contribution in [0.1, 0.15) is 53.4 Å². The second-order valence-electron chi connectivity index (χ2n) is 11.0. The van der Waals surface area contributed by atoms with Gasteiger partial charge in [-0.05, 0) is 95.0 Å². The number of nitrogens with one attached hydrogen (secondary N) is 2. The van der Waals surface area contributed by atoms with Gasteiger partial charge in [0, 0.05) is 31.4 Å². The quantitative estimate of drug-likeness (QED) is 0.467. The van der Waals surface area contributed by atoms with Crippen molar-refractivity contribution in [3.8, 4) is 0 Å². The van der Waals surface area contributed by atoms with Crippen molar-refractivity contribution >= 4 is 46.6 Å². The number of azo groups is 1. The van der Waals surface area contributed by atoms with Gasteiger partial charge in [-0.1, -0.05) is 0 Å². The highest BCUT2D eigenvalue weighted by molar-refractivity contribution is 5.98. The van der Waals surface area contributed by atoms with Crippen LogP contribution >= 0.6 is 0 Å². The Hall–Kier alpha value is -4.28. The summed E-state index contributed by atoms with van der Waals surface area (Å²) in [6, 6.07) is 12.9. The first kappa shape index (κ1) is 28.7. The number of carbonyl (C=O) groups is 4. The maximum absolute atomic E-state index is 12.9. The molecular weight excluding hydrogens is 512 g/mol. The summed E-state index contributed by atoms with van der Waals surface area (Å²) >= 11 is 0. The molecular formula is C29H36N6O5. The molecule has 0 aromatic heterocycles. The van der Waals surface area contributed by atoms with Crippen LogP contribution < -0.4 is 10.6 Å². The zero-order valence-electron chi connectivity index (χ0n) is 23.3. The number of hydrogen-bond acceptors (Lipinski definition) is 7. The Balaban J connectivity index is 1.29. The highest BCUT2D eigenvalue weighted by Gasteiger charge is 2.36. The predicted molar refractivity (Wildman–Crippen MR) is 151 cm³/mol. The molecule has 2 fully saturated rings. The molecule has 2 aliphatic rings. The van der Waals surface area contributed by atoms with Gasteiger partial charge < -0.3 is 20.3 Å². The van der Waals surface area contributed by atoms with E-state index in [1.165, 1.54) is 11.8 Å². The highest BCUT2D eigenvalue weighted by atomic mass is 16.6. The van der Waals surface area contributed by atoms with Gasteiger partial charge in [0.15, 0.2) is 0 Å². The summed E-state index contributed by atoms with van der Waals surface area (Å²) < 4.78 is 5.44. The topological polar surface area (TPSA) is 133 Å². The number of carbonyl (C=O) groups excluding carboxylic acids is 4. The summed E-state index contributed by atoms with van der Waals surface area (Å²) in [5, 5.41) is 14.2. The molecule has 0 unspecified atom stereocenters. The lowest BCUT2D eigenvalue weighted by molar-refractivity contribution is -0.134. The molecule has 0 spiro atoms. The first-order valence-corrected chi connectivity index (χ1v) is 13.5. The smallest absolute Gasteiger partial charge is 0.410 e. The average molecular weight is 549 g/mol. The van der Waals surface area contributed by atoms with E-state index in [4.69, 9.17) is 4.74 Å². The fourth-order valence-electron chi connectivity index (χ4n) is 4.78. The number of amides is 4. The van der Waals surface area contributed by atoms with Gasteiger partial charge in [0.2, 0.25) is 17.7 Å². The average Bonchev–Trinajstić information content (AvgIpc) is 3.59. The third kappa shape index (κ3) is 7.43. The Kier molecular flexibility index (Phi) is 8.81. The van der Waals surface area contributed by atoms with Gasteiger partial charge in [0.25, 0.3) is 0 Å². The number of benzene rings is 2. The molecule has 212 valence electrons. The summed E-state index contributed by atoms with van der Waals surface area (Å²) in [6.45, 7) is 7.96. The van der Waals surface area contributed by atoms with Crippen molar-refractivity contribution in [3.63, 3.8) is 0 Å². The lowest BCUT2D eigenvalue weighted by Crippen LogP contribution is -2.45. The third-order valence-corrected chi connectivity index (χ3v) is 6.69. The molecule has 2 aromatic carbocycles. The molecule has 11 nitrogen and oxygen atoms in total. The van der Waals surface area contributed by atoms with Crippen molar-refractivity contribution in [1.29, 1.82) is 0 Å². The second kappa shape index (κ2) is 12.3. The van der Waals surface area contributed by atoms with E-state index >= 15 is 0 Å². The Bertz CT molecular complexity index is 1270. The van der Waals surface area contributed by atoms with E-state index in [0.717, 1.165) is 12.8 Å². The van der Waals surface area contributed by atoms with Crippen molar-refractivity contribution in [2.24, 2.45) is 10.2 Å². The molecule has 4 amide bonds. The van der Waals surface area contributed by atoms with Gasteiger partial charge >= 0.3 is 6.09 Å². The number of likely N-dealkylation sites (tertiary alicyclic amines) is 2. The molecule has 0 radical (unpaired) electrons. The summed E-state index contributed by atoms with van der Waals surface area (Å²) in [5.41, 5.74) is 1.78. The molecule has 11 heteroatoms. The lowest BCUT2D eigenvalue weighted by Gasteiger charge is -2.28. The van der Waals surface area contributed by atoms with Gasteiger partial charge in [-0.3, -0.25) is 19.3 Å². The molecule has 2 aliphatic heterocycles. The first-order valence-electron chi connectivity index (χ1n) is 13.5. The molecule has 2 atom stereocenters. The summed E-state index contributed by atoms with van der Waals surface area (Å²) in [5.74, 6) is -0.547. The Labute approximate surface area is 234 Å². The Morgan fingerprint density at radius 1 is 0.750 bits per heavy atom. The van der Waals surface area contributed by atoms with Crippen molar-refractivity contribution in [1.82, 2.24) is 9.80 Å². The molecule has 2 N–H and O–H groups in total.